The fourth-order valence-electron chi connectivity index (χ4n) is 4.91. The third kappa shape index (κ3) is 4.36. The average molecular weight is 496 g/mol. The standard InChI is InChI=1S/C25H29N5O4S/c1-17-15-21(23-24(26-17)30-10-5-3-4-9-22(30)27-23)25(32)28-11-13-29(14-12-28)35(33,34)20-8-6-7-19(16-20)18(2)31/h6-8,15-16H,3-5,9-14H2,1-2H3. The SMILES string of the molecule is CC(=O)c1cccc(S(=O)(=O)N2CCN(C(=O)c3cc(C)nc4c3nc3n4CCCCC3)CC2)c1. The first-order chi connectivity index (χ1) is 16.8. The molecule has 4 heterocycles. The first-order valence-corrected chi connectivity index (χ1v) is 13.5. The Morgan fingerprint density at radius 3 is 2.46 bits per heavy atom. The van der Waals surface area contributed by atoms with Gasteiger partial charge in [0.25, 0.3) is 5.91 Å². The summed E-state index contributed by atoms with van der Waals surface area (Å²) in [5, 5.41) is 0. The maximum Gasteiger partial charge on any atom is 0.256 e. The maximum atomic E-state index is 13.5. The molecule has 0 radical (unpaired) electrons. The highest BCUT2D eigenvalue weighted by molar-refractivity contribution is 7.89. The molecule has 35 heavy (non-hydrogen) atoms. The molecule has 10 heteroatoms. The van der Waals surface area contributed by atoms with Gasteiger partial charge in [-0.1, -0.05) is 18.6 Å². The van der Waals surface area contributed by atoms with Crippen LogP contribution in [0.15, 0.2) is 35.2 Å². The van der Waals surface area contributed by atoms with Crippen LogP contribution in [0.5, 0.6) is 0 Å². The van der Waals surface area contributed by atoms with Gasteiger partial charge in [-0.05, 0) is 44.9 Å². The highest BCUT2D eigenvalue weighted by Gasteiger charge is 2.32. The number of carbonyl (C=O) groups excluding carboxylic acids is 2. The summed E-state index contributed by atoms with van der Waals surface area (Å²) in [5.74, 6) is 0.644. The minimum Gasteiger partial charge on any atom is -0.336 e. The fourth-order valence-corrected chi connectivity index (χ4v) is 6.37. The third-order valence-corrected chi connectivity index (χ3v) is 8.72. The Kier molecular flexibility index (Phi) is 6.18. The van der Waals surface area contributed by atoms with E-state index in [1.54, 1.807) is 23.1 Å². The van der Waals surface area contributed by atoms with Crippen molar-refractivity contribution >= 4 is 32.9 Å². The van der Waals surface area contributed by atoms with Gasteiger partial charge in [0.05, 0.1) is 10.5 Å². The Bertz CT molecular complexity index is 1420. The number of hydrogen-bond donors (Lipinski definition) is 0. The van der Waals surface area contributed by atoms with Crippen LogP contribution < -0.4 is 0 Å². The highest BCUT2D eigenvalue weighted by Crippen LogP contribution is 2.26. The van der Waals surface area contributed by atoms with E-state index in [1.165, 1.54) is 23.4 Å². The molecule has 0 unspecified atom stereocenters. The van der Waals surface area contributed by atoms with Crippen LogP contribution in [-0.4, -0.2) is 70.0 Å². The second-order valence-corrected chi connectivity index (χ2v) is 11.2. The molecule has 1 amide bonds. The van der Waals surface area contributed by atoms with Crippen molar-refractivity contribution in [3.05, 3.63) is 53.0 Å². The van der Waals surface area contributed by atoms with Gasteiger partial charge in [-0.2, -0.15) is 4.31 Å². The number of ketones is 1. The van der Waals surface area contributed by atoms with Gasteiger partial charge in [0.15, 0.2) is 11.4 Å². The molecular formula is C25H29N5O4S. The van der Waals surface area contributed by atoms with Gasteiger partial charge in [0.2, 0.25) is 10.0 Å². The summed E-state index contributed by atoms with van der Waals surface area (Å²) in [6.07, 6.45) is 4.19. The third-order valence-electron chi connectivity index (χ3n) is 6.83. The molecule has 1 aromatic carbocycles. The van der Waals surface area contributed by atoms with Crippen LogP contribution in [0.1, 0.15) is 58.4 Å². The Morgan fingerprint density at radius 1 is 0.943 bits per heavy atom. The molecule has 0 spiro atoms. The molecular weight excluding hydrogens is 466 g/mol. The lowest BCUT2D eigenvalue weighted by Gasteiger charge is -2.34. The number of benzene rings is 1. The van der Waals surface area contributed by atoms with Crippen LogP contribution in [0.4, 0.5) is 0 Å². The second kappa shape index (κ2) is 9.16. The zero-order chi connectivity index (χ0) is 24.7. The molecule has 5 rings (SSSR count). The van der Waals surface area contributed by atoms with Crippen LogP contribution in [0.2, 0.25) is 0 Å². The van der Waals surface area contributed by atoms with Gasteiger partial charge in [-0.15, -0.1) is 0 Å². The summed E-state index contributed by atoms with van der Waals surface area (Å²) in [5.41, 5.74) is 3.04. The number of hydrogen-bond acceptors (Lipinski definition) is 6. The van der Waals surface area contributed by atoms with Gasteiger partial charge in [0.1, 0.15) is 11.3 Å². The van der Waals surface area contributed by atoms with E-state index < -0.39 is 10.0 Å². The predicted octanol–water partition coefficient (Wildman–Crippen LogP) is 2.82. The molecule has 0 saturated carbocycles. The van der Waals surface area contributed by atoms with Crippen molar-refractivity contribution in [2.45, 2.75) is 51.0 Å². The number of pyridine rings is 1. The van der Waals surface area contributed by atoms with Gasteiger partial charge < -0.3 is 9.47 Å². The van der Waals surface area contributed by atoms with Crippen molar-refractivity contribution in [3.63, 3.8) is 0 Å². The van der Waals surface area contributed by atoms with Gasteiger partial charge in [-0.25, -0.2) is 18.4 Å². The number of piperazine rings is 1. The lowest BCUT2D eigenvalue weighted by molar-refractivity contribution is 0.0699. The average Bonchev–Trinajstić information content (AvgIpc) is 3.03. The number of Topliss-reactive ketones (excluding diaryl/α,β-unsaturated/α-hetero) is 1. The molecule has 0 bridgehead atoms. The normalized spacial score (nSPS) is 17.3. The van der Waals surface area contributed by atoms with Crippen LogP contribution >= 0.6 is 0 Å². The molecule has 184 valence electrons. The maximum absolute atomic E-state index is 13.5. The van der Waals surface area contributed by atoms with Crippen LogP contribution in [0.25, 0.3) is 11.2 Å². The quantitative estimate of drug-likeness (QED) is 0.516. The lowest BCUT2D eigenvalue weighted by Crippen LogP contribution is -2.50. The van der Waals surface area contributed by atoms with Crippen LogP contribution in [-0.2, 0) is 23.0 Å². The summed E-state index contributed by atoms with van der Waals surface area (Å²) in [6.45, 7) is 5.08. The van der Waals surface area contributed by atoms with E-state index in [1.807, 2.05) is 6.92 Å². The number of carbonyl (C=O) groups is 2. The predicted molar refractivity (Wildman–Crippen MR) is 131 cm³/mol. The minimum atomic E-state index is -3.76. The smallest absolute Gasteiger partial charge is 0.256 e. The molecule has 0 atom stereocenters. The Hall–Kier alpha value is -3.11. The van der Waals surface area contributed by atoms with Crippen molar-refractivity contribution in [1.29, 1.82) is 0 Å². The van der Waals surface area contributed by atoms with E-state index in [9.17, 15) is 18.0 Å². The van der Waals surface area contributed by atoms with Crippen LogP contribution in [0, 0.1) is 6.92 Å². The number of fused-ring (bicyclic) bond motifs is 3. The van der Waals surface area contributed by atoms with Gasteiger partial charge in [0, 0.05) is 50.4 Å². The van der Waals surface area contributed by atoms with Crippen molar-refractivity contribution < 1.29 is 18.0 Å². The van der Waals surface area contributed by atoms with E-state index in [-0.39, 0.29) is 42.8 Å². The largest absolute Gasteiger partial charge is 0.336 e. The Morgan fingerprint density at radius 2 is 1.71 bits per heavy atom. The van der Waals surface area contributed by atoms with Gasteiger partial charge >= 0.3 is 0 Å². The highest BCUT2D eigenvalue weighted by atomic mass is 32.2. The molecule has 1 saturated heterocycles. The lowest BCUT2D eigenvalue weighted by atomic mass is 10.1. The van der Waals surface area contributed by atoms with Crippen molar-refractivity contribution in [2.75, 3.05) is 26.2 Å². The second-order valence-electron chi connectivity index (χ2n) is 9.25. The number of imidazole rings is 1. The number of rotatable bonds is 4. The summed E-state index contributed by atoms with van der Waals surface area (Å²) in [4.78, 5) is 36.5. The molecule has 9 nitrogen and oxygen atoms in total. The van der Waals surface area contributed by atoms with E-state index in [0.717, 1.165) is 49.4 Å². The van der Waals surface area contributed by atoms with E-state index in [4.69, 9.17) is 9.97 Å². The first-order valence-electron chi connectivity index (χ1n) is 12.0. The molecule has 1 fully saturated rings. The van der Waals surface area contributed by atoms with Crippen molar-refractivity contribution in [2.24, 2.45) is 0 Å². The molecule has 3 aromatic rings. The minimum absolute atomic E-state index is 0.0935. The Balaban J connectivity index is 1.37. The topological polar surface area (TPSA) is 105 Å². The fraction of sp³-hybridized carbons (Fsp3) is 0.440. The number of aryl methyl sites for hydroxylation is 3. The first kappa shape index (κ1) is 23.6. The molecule has 0 N–H and O–H groups in total. The van der Waals surface area contributed by atoms with Crippen molar-refractivity contribution in [1.82, 2.24) is 23.7 Å². The molecule has 2 aliphatic rings. The number of aromatic nitrogens is 3. The monoisotopic (exact) mass is 495 g/mol. The van der Waals surface area contributed by atoms with Gasteiger partial charge in [-0.3, -0.25) is 9.59 Å². The number of amides is 1. The summed E-state index contributed by atoms with van der Waals surface area (Å²) >= 11 is 0. The number of sulfonamides is 1. The van der Waals surface area contributed by atoms with Crippen molar-refractivity contribution in [3.8, 4) is 0 Å². The summed E-state index contributed by atoms with van der Waals surface area (Å²) in [6, 6.07) is 7.87. The zero-order valence-corrected chi connectivity index (χ0v) is 20.8. The van der Waals surface area contributed by atoms with Crippen LogP contribution in [0.3, 0.4) is 0 Å². The van der Waals surface area contributed by atoms with E-state index >= 15 is 0 Å². The van der Waals surface area contributed by atoms with E-state index in [2.05, 4.69) is 4.57 Å². The summed E-state index contributed by atoms with van der Waals surface area (Å²) < 4.78 is 29.8. The molecule has 2 aliphatic heterocycles. The summed E-state index contributed by atoms with van der Waals surface area (Å²) in [7, 11) is -3.76. The molecule has 2 aromatic heterocycles. The number of nitrogens with zero attached hydrogens (tertiary/aromatic N) is 5. The molecule has 0 aliphatic carbocycles. The Labute approximate surface area is 204 Å². The van der Waals surface area contributed by atoms with E-state index in [0.29, 0.717) is 16.6 Å². The zero-order valence-electron chi connectivity index (χ0n) is 20.0.